The fraction of sp³-hybridized carbons (Fsp3) is 0.188. The molecule has 0 saturated carbocycles. The zero-order valence-electron chi connectivity index (χ0n) is 11.2. The number of nitrogens with one attached hydrogen (secondary N) is 2. The standard InChI is InChI=1S/C16H18N2O2/c1-2-9-17-16(20)18-11-15(19)14-8-7-12-5-3-4-6-13(12)10-14/h2-8,10,15,19H,1,9,11H2,(H2,17,18,20)/t15-/m1/s1. The molecule has 0 heterocycles. The monoisotopic (exact) mass is 270 g/mol. The van der Waals surface area contributed by atoms with Crippen molar-refractivity contribution in [3.8, 4) is 0 Å². The van der Waals surface area contributed by atoms with Gasteiger partial charge in [0.05, 0.1) is 6.10 Å². The number of hydrogen-bond acceptors (Lipinski definition) is 2. The van der Waals surface area contributed by atoms with Crippen molar-refractivity contribution in [2.24, 2.45) is 0 Å². The van der Waals surface area contributed by atoms with E-state index in [-0.39, 0.29) is 12.6 Å². The van der Waals surface area contributed by atoms with Crippen LogP contribution in [0.3, 0.4) is 0 Å². The number of hydrogen-bond donors (Lipinski definition) is 3. The summed E-state index contributed by atoms with van der Waals surface area (Å²) in [5, 5.41) is 17.5. The van der Waals surface area contributed by atoms with E-state index in [4.69, 9.17) is 0 Å². The summed E-state index contributed by atoms with van der Waals surface area (Å²) < 4.78 is 0. The predicted molar refractivity (Wildman–Crippen MR) is 80.5 cm³/mol. The Morgan fingerprint density at radius 3 is 2.70 bits per heavy atom. The normalized spacial score (nSPS) is 11.8. The molecule has 0 aliphatic heterocycles. The van der Waals surface area contributed by atoms with Gasteiger partial charge >= 0.3 is 6.03 Å². The van der Waals surface area contributed by atoms with Gasteiger partial charge in [0.1, 0.15) is 0 Å². The molecule has 0 bridgehead atoms. The van der Waals surface area contributed by atoms with Gasteiger partial charge in [-0.3, -0.25) is 0 Å². The van der Waals surface area contributed by atoms with E-state index < -0.39 is 6.10 Å². The van der Waals surface area contributed by atoms with Gasteiger partial charge in [0.15, 0.2) is 0 Å². The Bertz CT molecular complexity index is 610. The van der Waals surface area contributed by atoms with Crippen LogP contribution in [0.5, 0.6) is 0 Å². The van der Waals surface area contributed by atoms with Crippen LogP contribution in [-0.4, -0.2) is 24.2 Å². The molecule has 2 amide bonds. The number of amides is 2. The Balaban J connectivity index is 1.98. The number of carbonyl (C=O) groups is 1. The topological polar surface area (TPSA) is 61.4 Å². The maximum Gasteiger partial charge on any atom is 0.315 e. The number of benzene rings is 2. The molecule has 0 unspecified atom stereocenters. The lowest BCUT2D eigenvalue weighted by atomic mass is 10.0. The molecule has 0 fully saturated rings. The summed E-state index contributed by atoms with van der Waals surface area (Å²) in [6.07, 6.45) is 0.869. The first-order chi connectivity index (χ1) is 9.70. The van der Waals surface area contributed by atoms with Crippen LogP contribution in [0.25, 0.3) is 10.8 Å². The summed E-state index contributed by atoms with van der Waals surface area (Å²) in [5.41, 5.74) is 0.785. The van der Waals surface area contributed by atoms with E-state index in [0.717, 1.165) is 16.3 Å². The molecule has 0 aromatic heterocycles. The van der Waals surface area contributed by atoms with Crippen LogP contribution in [0.4, 0.5) is 4.79 Å². The Morgan fingerprint density at radius 1 is 1.20 bits per heavy atom. The highest BCUT2D eigenvalue weighted by atomic mass is 16.3. The molecule has 1 atom stereocenters. The van der Waals surface area contributed by atoms with Gasteiger partial charge in [-0.2, -0.15) is 0 Å². The summed E-state index contributed by atoms with van der Waals surface area (Å²) >= 11 is 0. The molecular formula is C16H18N2O2. The van der Waals surface area contributed by atoms with Gasteiger partial charge in [0.2, 0.25) is 0 Å². The molecule has 0 aliphatic carbocycles. The molecular weight excluding hydrogens is 252 g/mol. The van der Waals surface area contributed by atoms with E-state index in [1.165, 1.54) is 0 Å². The van der Waals surface area contributed by atoms with Crippen LogP contribution in [0.15, 0.2) is 55.1 Å². The van der Waals surface area contributed by atoms with Crippen molar-refractivity contribution in [2.75, 3.05) is 13.1 Å². The van der Waals surface area contributed by atoms with Crippen LogP contribution in [0.2, 0.25) is 0 Å². The Labute approximate surface area is 118 Å². The van der Waals surface area contributed by atoms with Gasteiger partial charge in [0.25, 0.3) is 0 Å². The van der Waals surface area contributed by atoms with Crippen molar-refractivity contribution < 1.29 is 9.90 Å². The Morgan fingerprint density at radius 2 is 1.95 bits per heavy atom. The summed E-state index contributed by atoms with van der Waals surface area (Å²) in [4.78, 5) is 11.4. The molecule has 0 aliphatic rings. The quantitative estimate of drug-likeness (QED) is 0.730. The minimum absolute atomic E-state index is 0.168. The number of aliphatic hydroxyl groups is 1. The van der Waals surface area contributed by atoms with Gasteiger partial charge in [-0.05, 0) is 22.4 Å². The molecule has 0 radical (unpaired) electrons. The molecule has 20 heavy (non-hydrogen) atoms. The highest BCUT2D eigenvalue weighted by Gasteiger charge is 2.09. The van der Waals surface area contributed by atoms with Gasteiger partial charge < -0.3 is 15.7 Å². The second-order valence-electron chi connectivity index (χ2n) is 4.50. The third-order valence-corrected chi connectivity index (χ3v) is 3.02. The van der Waals surface area contributed by atoms with Gasteiger partial charge in [-0.15, -0.1) is 6.58 Å². The Kier molecular flexibility index (Phi) is 4.74. The number of aliphatic hydroxyl groups excluding tert-OH is 1. The highest BCUT2D eigenvalue weighted by molar-refractivity contribution is 5.83. The van der Waals surface area contributed by atoms with Crippen LogP contribution < -0.4 is 10.6 Å². The average Bonchev–Trinajstić information content (AvgIpc) is 2.50. The molecule has 4 heteroatoms. The van der Waals surface area contributed by atoms with Crippen LogP contribution in [-0.2, 0) is 0 Å². The van der Waals surface area contributed by atoms with Crippen molar-refractivity contribution >= 4 is 16.8 Å². The molecule has 2 aromatic carbocycles. The molecule has 4 nitrogen and oxygen atoms in total. The number of carbonyl (C=O) groups excluding carboxylic acids is 1. The maximum atomic E-state index is 11.4. The van der Waals surface area contributed by atoms with Crippen LogP contribution >= 0.6 is 0 Å². The van der Waals surface area contributed by atoms with E-state index in [9.17, 15) is 9.90 Å². The smallest absolute Gasteiger partial charge is 0.315 e. The summed E-state index contributed by atoms with van der Waals surface area (Å²) in [6.45, 7) is 4.08. The first-order valence-corrected chi connectivity index (χ1v) is 6.50. The zero-order chi connectivity index (χ0) is 14.4. The van der Waals surface area contributed by atoms with Crippen LogP contribution in [0.1, 0.15) is 11.7 Å². The third kappa shape index (κ3) is 3.59. The molecule has 2 aromatic rings. The van der Waals surface area contributed by atoms with Crippen molar-refractivity contribution in [1.82, 2.24) is 10.6 Å². The highest BCUT2D eigenvalue weighted by Crippen LogP contribution is 2.19. The van der Waals surface area contributed by atoms with Crippen molar-refractivity contribution in [2.45, 2.75) is 6.10 Å². The SMILES string of the molecule is C=CCNC(=O)NC[C@@H](O)c1ccc2ccccc2c1. The number of fused-ring (bicyclic) bond motifs is 1. The minimum atomic E-state index is -0.728. The fourth-order valence-electron chi connectivity index (χ4n) is 1.95. The first kappa shape index (κ1) is 14.1. The molecule has 2 rings (SSSR count). The lowest BCUT2D eigenvalue weighted by Gasteiger charge is -2.13. The van der Waals surface area contributed by atoms with Crippen molar-refractivity contribution in [1.29, 1.82) is 0 Å². The first-order valence-electron chi connectivity index (χ1n) is 6.50. The minimum Gasteiger partial charge on any atom is -0.387 e. The number of rotatable bonds is 5. The summed E-state index contributed by atoms with van der Waals surface area (Å²) in [6, 6.07) is 13.4. The number of urea groups is 1. The molecule has 3 N–H and O–H groups in total. The van der Waals surface area contributed by atoms with Gasteiger partial charge in [-0.1, -0.05) is 42.5 Å². The van der Waals surface area contributed by atoms with E-state index in [0.29, 0.717) is 6.54 Å². The third-order valence-electron chi connectivity index (χ3n) is 3.02. The van der Waals surface area contributed by atoms with Crippen molar-refractivity contribution in [3.63, 3.8) is 0 Å². The maximum absolute atomic E-state index is 11.4. The summed E-state index contributed by atoms with van der Waals surface area (Å²) in [7, 11) is 0. The second kappa shape index (κ2) is 6.73. The van der Waals surface area contributed by atoms with E-state index in [1.54, 1.807) is 6.08 Å². The fourth-order valence-corrected chi connectivity index (χ4v) is 1.95. The lowest BCUT2D eigenvalue weighted by Crippen LogP contribution is -2.37. The zero-order valence-corrected chi connectivity index (χ0v) is 11.2. The predicted octanol–water partition coefficient (Wildman–Crippen LogP) is 2.36. The average molecular weight is 270 g/mol. The molecule has 104 valence electrons. The van der Waals surface area contributed by atoms with E-state index in [1.807, 2.05) is 42.5 Å². The molecule has 0 saturated heterocycles. The molecule has 0 spiro atoms. The Hall–Kier alpha value is -2.33. The van der Waals surface area contributed by atoms with Crippen molar-refractivity contribution in [3.05, 3.63) is 60.7 Å². The summed E-state index contributed by atoms with van der Waals surface area (Å²) in [5.74, 6) is 0. The van der Waals surface area contributed by atoms with E-state index >= 15 is 0 Å². The van der Waals surface area contributed by atoms with Gasteiger partial charge in [0, 0.05) is 13.1 Å². The largest absolute Gasteiger partial charge is 0.387 e. The van der Waals surface area contributed by atoms with E-state index in [2.05, 4.69) is 17.2 Å². The van der Waals surface area contributed by atoms with Crippen LogP contribution in [0, 0.1) is 0 Å². The second-order valence-corrected chi connectivity index (χ2v) is 4.50. The lowest BCUT2D eigenvalue weighted by molar-refractivity contribution is 0.173. The van der Waals surface area contributed by atoms with Gasteiger partial charge in [-0.25, -0.2) is 4.79 Å².